The maximum absolute atomic E-state index is 3.68. The normalized spacial score (nSPS) is 24.9. The van der Waals surface area contributed by atoms with E-state index in [0.717, 1.165) is 11.8 Å². The number of hydrogen-bond donors (Lipinski definition) is 1. The molecule has 0 saturated carbocycles. The largest absolute Gasteiger partial charge is 0.312 e. The quantitative estimate of drug-likeness (QED) is 0.773. The minimum Gasteiger partial charge on any atom is -0.312 e. The first-order valence-corrected chi connectivity index (χ1v) is 7.81. The molecular formula is C13H28N2S. The van der Waals surface area contributed by atoms with Crippen LogP contribution in [0.4, 0.5) is 0 Å². The fourth-order valence-corrected chi connectivity index (χ4v) is 3.33. The lowest BCUT2D eigenvalue weighted by molar-refractivity contribution is 0.208. The van der Waals surface area contributed by atoms with E-state index in [2.05, 4.69) is 49.7 Å². The molecule has 0 bridgehead atoms. The fraction of sp³-hybridized carbons (Fsp3) is 1.00. The molecule has 3 heteroatoms. The zero-order chi connectivity index (χ0) is 12.0. The third-order valence-electron chi connectivity index (χ3n) is 3.58. The van der Waals surface area contributed by atoms with Gasteiger partial charge >= 0.3 is 0 Å². The van der Waals surface area contributed by atoms with Gasteiger partial charge in [-0.05, 0) is 19.8 Å². The lowest BCUT2D eigenvalue weighted by Gasteiger charge is -2.36. The Bertz CT molecular complexity index is 183. The second-order valence-corrected chi connectivity index (χ2v) is 6.49. The molecule has 2 nitrogen and oxygen atoms in total. The summed E-state index contributed by atoms with van der Waals surface area (Å²) in [6, 6.07) is 1.39. The average Bonchev–Trinajstić information content (AvgIpc) is 2.30. The van der Waals surface area contributed by atoms with E-state index in [4.69, 9.17) is 0 Å². The van der Waals surface area contributed by atoms with Crippen molar-refractivity contribution in [2.24, 2.45) is 0 Å². The topological polar surface area (TPSA) is 15.3 Å². The second-order valence-electron chi connectivity index (χ2n) is 4.95. The molecule has 0 aromatic heterocycles. The first-order chi connectivity index (χ1) is 7.67. The number of nitrogens with zero attached hydrogens (tertiary/aromatic N) is 1. The van der Waals surface area contributed by atoms with Crippen LogP contribution in [-0.2, 0) is 0 Å². The second kappa shape index (κ2) is 7.57. The summed E-state index contributed by atoms with van der Waals surface area (Å²) in [5, 5.41) is 4.49. The molecule has 1 aliphatic rings. The Hall–Kier alpha value is 0.270. The average molecular weight is 244 g/mol. The van der Waals surface area contributed by atoms with Crippen LogP contribution >= 0.6 is 11.8 Å². The van der Waals surface area contributed by atoms with Crippen molar-refractivity contribution in [1.29, 1.82) is 0 Å². The zero-order valence-electron chi connectivity index (χ0n) is 11.3. The van der Waals surface area contributed by atoms with Gasteiger partial charge in [-0.15, -0.1) is 0 Å². The summed E-state index contributed by atoms with van der Waals surface area (Å²) in [5.74, 6) is 1.30. The van der Waals surface area contributed by atoms with Gasteiger partial charge in [0.15, 0.2) is 0 Å². The SMILES string of the molecule is CCC(CC)NCC(C)N1CCSC(C)C1. The molecule has 2 atom stereocenters. The summed E-state index contributed by atoms with van der Waals surface area (Å²) < 4.78 is 0. The Morgan fingerprint density at radius 3 is 2.62 bits per heavy atom. The van der Waals surface area contributed by atoms with E-state index in [9.17, 15) is 0 Å². The van der Waals surface area contributed by atoms with Crippen molar-refractivity contribution in [2.75, 3.05) is 25.4 Å². The summed E-state index contributed by atoms with van der Waals surface area (Å²) in [5.41, 5.74) is 0. The maximum Gasteiger partial charge on any atom is 0.0193 e. The van der Waals surface area contributed by atoms with Crippen molar-refractivity contribution in [3.63, 3.8) is 0 Å². The molecule has 2 unspecified atom stereocenters. The van der Waals surface area contributed by atoms with Crippen LogP contribution in [0, 0.1) is 0 Å². The fourth-order valence-electron chi connectivity index (χ4n) is 2.29. The van der Waals surface area contributed by atoms with Crippen molar-refractivity contribution in [3.8, 4) is 0 Å². The van der Waals surface area contributed by atoms with Crippen LogP contribution in [0.2, 0.25) is 0 Å². The Balaban J connectivity index is 2.25. The number of rotatable bonds is 6. The van der Waals surface area contributed by atoms with E-state index in [0.29, 0.717) is 12.1 Å². The zero-order valence-corrected chi connectivity index (χ0v) is 12.1. The van der Waals surface area contributed by atoms with Crippen molar-refractivity contribution in [1.82, 2.24) is 10.2 Å². The molecule has 0 radical (unpaired) electrons. The molecule has 0 aliphatic carbocycles. The Morgan fingerprint density at radius 1 is 1.38 bits per heavy atom. The van der Waals surface area contributed by atoms with Gasteiger partial charge in [0.25, 0.3) is 0 Å². The van der Waals surface area contributed by atoms with Gasteiger partial charge in [-0.3, -0.25) is 4.90 Å². The van der Waals surface area contributed by atoms with Gasteiger partial charge in [-0.1, -0.05) is 20.8 Å². The minimum absolute atomic E-state index is 0.684. The number of nitrogens with one attached hydrogen (secondary N) is 1. The van der Waals surface area contributed by atoms with E-state index in [1.165, 1.54) is 31.7 Å². The lowest BCUT2D eigenvalue weighted by Crippen LogP contribution is -2.48. The third kappa shape index (κ3) is 4.64. The Labute approximate surface area is 106 Å². The van der Waals surface area contributed by atoms with Crippen LogP contribution in [0.3, 0.4) is 0 Å². The monoisotopic (exact) mass is 244 g/mol. The van der Waals surface area contributed by atoms with E-state index in [1.54, 1.807) is 0 Å². The van der Waals surface area contributed by atoms with E-state index in [1.807, 2.05) is 0 Å². The third-order valence-corrected chi connectivity index (χ3v) is 4.72. The van der Waals surface area contributed by atoms with Crippen LogP contribution in [-0.4, -0.2) is 47.6 Å². The Kier molecular flexibility index (Phi) is 6.78. The molecule has 1 rings (SSSR count). The Morgan fingerprint density at radius 2 is 2.06 bits per heavy atom. The van der Waals surface area contributed by atoms with Crippen LogP contribution in [0.1, 0.15) is 40.5 Å². The molecule has 1 aliphatic heterocycles. The highest BCUT2D eigenvalue weighted by atomic mass is 32.2. The molecule has 1 heterocycles. The van der Waals surface area contributed by atoms with Gasteiger partial charge in [0.1, 0.15) is 0 Å². The highest BCUT2D eigenvalue weighted by Gasteiger charge is 2.21. The van der Waals surface area contributed by atoms with Gasteiger partial charge in [0.05, 0.1) is 0 Å². The van der Waals surface area contributed by atoms with Crippen molar-refractivity contribution >= 4 is 11.8 Å². The van der Waals surface area contributed by atoms with Crippen LogP contribution in [0.15, 0.2) is 0 Å². The molecule has 0 amide bonds. The predicted molar refractivity (Wildman–Crippen MR) is 75.3 cm³/mol. The maximum atomic E-state index is 3.68. The molecule has 1 N–H and O–H groups in total. The highest BCUT2D eigenvalue weighted by molar-refractivity contribution is 7.99. The molecule has 16 heavy (non-hydrogen) atoms. The minimum atomic E-state index is 0.684. The first kappa shape index (κ1) is 14.3. The summed E-state index contributed by atoms with van der Waals surface area (Å²) in [6.45, 7) is 12.9. The molecule has 1 saturated heterocycles. The standard InChI is InChI=1S/C13H28N2S/c1-5-13(6-2)14-9-11(3)15-7-8-16-12(4)10-15/h11-14H,5-10H2,1-4H3. The lowest BCUT2D eigenvalue weighted by atomic mass is 10.1. The van der Waals surface area contributed by atoms with Crippen molar-refractivity contribution < 1.29 is 0 Å². The smallest absolute Gasteiger partial charge is 0.0193 e. The summed E-state index contributed by atoms with van der Waals surface area (Å²) >= 11 is 2.11. The molecular weight excluding hydrogens is 216 g/mol. The van der Waals surface area contributed by atoms with Gasteiger partial charge < -0.3 is 5.32 Å². The van der Waals surface area contributed by atoms with Crippen molar-refractivity contribution in [3.05, 3.63) is 0 Å². The number of hydrogen-bond acceptors (Lipinski definition) is 3. The van der Waals surface area contributed by atoms with Gasteiger partial charge in [-0.2, -0.15) is 11.8 Å². The summed E-state index contributed by atoms with van der Waals surface area (Å²) in [6.07, 6.45) is 2.49. The van der Waals surface area contributed by atoms with E-state index < -0.39 is 0 Å². The van der Waals surface area contributed by atoms with Gasteiger partial charge in [0.2, 0.25) is 0 Å². The highest BCUT2D eigenvalue weighted by Crippen LogP contribution is 2.19. The number of thioether (sulfide) groups is 1. The van der Waals surface area contributed by atoms with Crippen LogP contribution < -0.4 is 5.32 Å². The molecule has 0 spiro atoms. The first-order valence-electron chi connectivity index (χ1n) is 6.76. The molecule has 1 fully saturated rings. The molecule has 0 aromatic carbocycles. The summed E-state index contributed by atoms with van der Waals surface area (Å²) in [4.78, 5) is 2.64. The van der Waals surface area contributed by atoms with Gasteiger partial charge in [0, 0.05) is 42.7 Å². The van der Waals surface area contributed by atoms with Crippen LogP contribution in [0.25, 0.3) is 0 Å². The molecule has 0 aromatic rings. The van der Waals surface area contributed by atoms with Gasteiger partial charge in [-0.25, -0.2) is 0 Å². The van der Waals surface area contributed by atoms with Crippen LogP contribution in [0.5, 0.6) is 0 Å². The molecule has 96 valence electrons. The van der Waals surface area contributed by atoms with E-state index in [-0.39, 0.29) is 0 Å². The summed E-state index contributed by atoms with van der Waals surface area (Å²) in [7, 11) is 0. The van der Waals surface area contributed by atoms with Crippen molar-refractivity contribution in [2.45, 2.75) is 57.9 Å². The van der Waals surface area contributed by atoms with E-state index >= 15 is 0 Å². The predicted octanol–water partition coefficient (Wildman–Crippen LogP) is 2.59.